The number of nitrogens with zero attached hydrogens (tertiary/aromatic N) is 1. The Balaban J connectivity index is 2.62. The number of halogens is 1. The summed E-state index contributed by atoms with van der Waals surface area (Å²) in [6.07, 6.45) is 0. The van der Waals surface area contributed by atoms with Gasteiger partial charge in [-0.1, -0.05) is 28.1 Å². The van der Waals surface area contributed by atoms with Gasteiger partial charge in [0.2, 0.25) is 11.7 Å². The Kier molecular flexibility index (Phi) is 6.20. The molecule has 6 heteroatoms. The average molecular weight is 406 g/mol. The minimum atomic E-state index is -0.265. The number of alkyl halides is 1. The number of para-hydroxylation sites is 1. The van der Waals surface area contributed by atoms with E-state index in [0.717, 1.165) is 5.56 Å². The van der Waals surface area contributed by atoms with Gasteiger partial charge in [0.1, 0.15) is 17.1 Å². The number of benzene rings is 2. The van der Waals surface area contributed by atoms with Gasteiger partial charge in [-0.25, -0.2) is 0 Å². The second-order valence-electron chi connectivity index (χ2n) is 5.48. The summed E-state index contributed by atoms with van der Waals surface area (Å²) in [6, 6.07) is 10.5. The quantitative estimate of drug-likeness (QED) is 0.544. The number of rotatable bonds is 6. The molecule has 132 valence electrons. The summed E-state index contributed by atoms with van der Waals surface area (Å²) in [7, 11) is 4.66. The number of carbonyl (C=O) groups excluding carboxylic acids is 2. The number of hydrogen-bond acceptors (Lipinski definition) is 4. The first-order valence-electron chi connectivity index (χ1n) is 7.63. The lowest BCUT2D eigenvalue weighted by Gasteiger charge is -2.20. The van der Waals surface area contributed by atoms with Crippen LogP contribution in [0.2, 0.25) is 0 Å². The molecule has 2 aromatic carbocycles. The van der Waals surface area contributed by atoms with Gasteiger partial charge in [-0.05, 0) is 36.8 Å². The molecule has 0 unspecified atom stereocenters. The molecule has 2 aromatic rings. The van der Waals surface area contributed by atoms with Crippen LogP contribution in [0.4, 0.5) is 5.69 Å². The van der Waals surface area contributed by atoms with E-state index in [9.17, 15) is 9.59 Å². The van der Waals surface area contributed by atoms with Crippen LogP contribution in [0.3, 0.4) is 0 Å². The number of anilines is 1. The van der Waals surface area contributed by atoms with Crippen molar-refractivity contribution in [1.82, 2.24) is 0 Å². The fourth-order valence-electron chi connectivity index (χ4n) is 2.58. The molecule has 0 aliphatic heterocycles. The molecule has 25 heavy (non-hydrogen) atoms. The molecule has 0 spiro atoms. The monoisotopic (exact) mass is 405 g/mol. The summed E-state index contributed by atoms with van der Waals surface area (Å²) in [6.45, 7) is 1.90. The second-order valence-corrected chi connectivity index (χ2v) is 6.04. The maximum atomic E-state index is 13.2. The molecule has 2 rings (SSSR count). The first kappa shape index (κ1) is 19.0. The molecule has 0 aliphatic rings. The highest BCUT2D eigenvalue weighted by Gasteiger charge is 2.24. The van der Waals surface area contributed by atoms with Crippen LogP contribution in [-0.2, 0) is 4.79 Å². The molecule has 1 amide bonds. The van der Waals surface area contributed by atoms with Crippen LogP contribution in [0.5, 0.6) is 11.5 Å². The lowest BCUT2D eigenvalue weighted by Crippen LogP contribution is -2.28. The van der Waals surface area contributed by atoms with Gasteiger partial charge in [0.25, 0.3) is 0 Å². The average Bonchev–Trinajstić information content (AvgIpc) is 2.65. The normalized spacial score (nSPS) is 10.3. The molecule has 0 heterocycles. The Morgan fingerprint density at radius 1 is 1.08 bits per heavy atom. The van der Waals surface area contributed by atoms with Crippen molar-refractivity contribution in [2.75, 3.05) is 31.5 Å². The summed E-state index contributed by atoms with van der Waals surface area (Å²) >= 11 is 3.16. The summed E-state index contributed by atoms with van der Waals surface area (Å²) in [5, 5.41) is 0.170. The summed E-state index contributed by atoms with van der Waals surface area (Å²) < 4.78 is 10.8. The topological polar surface area (TPSA) is 55.8 Å². The maximum absolute atomic E-state index is 13.2. The smallest absolute Gasteiger partial charge is 0.237 e. The zero-order valence-corrected chi connectivity index (χ0v) is 16.2. The number of ketones is 1. The van der Waals surface area contributed by atoms with E-state index in [2.05, 4.69) is 15.9 Å². The van der Waals surface area contributed by atoms with E-state index in [1.807, 2.05) is 6.92 Å². The third-order valence-corrected chi connectivity index (χ3v) is 4.36. The predicted molar refractivity (Wildman–Crippen MR) is 101 cm³/mol. The second kappa shape index (κ2) is 8.16. The van der Waals surface area contributed by atoms with Gasteiger partial charge >= 0.3 is 0 Å². The number of methoxy groups -OCH3 is 2. The zero-order chi connectivity index (χ0) is 18.6. The zero-order valence-electron chi connectivity index (χ0n) is 14.6. The first-order valence-corrected chi connectivity index (χ1v) is 8.75. The van der Waals surface area contributed by atoms with Crippen LogP contribution >= 0.6 is 15.9 Å². The Hall–Kier alpha value is -2.34. The van der Waals surface area contributed by atoms with Gasteiger partial charge in [0.15, 0.2) is 0 Å². The summed E-state index contributed by atoms with van der Waals surface area (Å²) in [5.74, 6) is 0.457. The fraction of sp³-hybridized carbons (Fsp3) is 0.263. The van der Waals surface area contributed by atoms with Gasteiger partial charge < -0.3 is 14.4 Å². The van der Waals surface area contributed by atoms with Crippen LogP contribution < -0.4 is 14.4 Å². The fourth-order valence-corrected chi connectivity index (χ4v) is 2.96. The molecular formula is C19H20BrNO4. The molecule has 0 aromatic heterocycles. The van der Waals surface area contributed by atoms with Crippen molar-refractivity contribution in [2.24, 2.45) is 0 Å². The van der Waals surface area contributed by atoms with E-state index in [1.165, 1.54) is 19.1 Å². The van der Waals surface area contributed by atoms with E-state index >= 15 is 0 Å². The Bertz CT molecular complexity index is 779. The Morgan fingerprint density at radius 3 is 2.16 bits per heavy atom. The van der Waals surface area contributed by atoms with Gasteiger partial charge in [-0.2, -0.15) is 0 Å². The SMILES string of the molecule is COc1cc(C)cc(OC)c1C(=O)c1ccccc1N(C)C(=O)CBr. The molecule has 0 aliphatic carbocycles. The van der Waals surface area contributed by atoms with Crippen LogP contribution in [0.25, 0.3) is 0 Å². The van der Waals surface area contributed by atoms with Crippen molar-refractivity contribution < 1.29 is 19.1 Å². The van der Waals surface area contributed by atoms with Gasteiger partial charge in [0, 0.05) is 12.6 Å². The highest BCUT2D eigenvalue weighted by molar-refractivity contribution is 9.09. The molecule has 5 nitrogen and oxygen atoms in total. The minimum absolute atomic E-state index is 0.150. The Morgan fingerprint density at radius 2 is 1.64 bits per heavy atom. The third kappa shape index (κ3) is 3.85. The largest absolute Gasteiger partial charge is 0.496 e. The van der Waals surface area contributed by atoms with Crippen molar-refractivity contribution in [2.45, 2.75) is 6.92 Å². The number of aryl methyl sites for hydroxylation is 1. The molecule has 0 N–H and O–H groups in total. The van der Waals surface area contributed by atoms with E-state index in [0.29, 0.717) is 28.3 Å². The Labute approximate surface area is 155 Å². The highest BCUT2D eigenvalue weighted by atomic mass is 79.9. The van der Waals surface area contributed by atoms with E-state index in [1.54, 1.807) is 43.4 Å². The van der Waals surface area contributed by atoms with Crippen molar-refractivity contribution in [3.8, 4) is 11.5 Å². The molecule has 0 fully saturated rings. The molecular weight excluding hydrogens is 386 g/mol. The number of amides is 1. The van der Waals surface area contributed by atoms with Gasteiger partial charge in [0.05, 0.1) is 25.2 Å². The van der Waals surface area contributed by atoms with Crippen molar-refractivity contribution in [1.29, 1.82) is 0 Å². The number of hydrogen-bond donors (Lipinski definition) is 0. The maximum Gasteiger partial charge on any atom is 0.237 e. The predicted octanol–water partition coefficient (Wildman–Crippen LogP) is 3.60. The van der Waals surface area contributed by atoms with E-state index in [-0.39, 0.29) is 17.0 Å². The minimum Gasteiger partial charge on any atom is -0.496 e. The standard InChI is InChI=1S/C19H20BrNO4/c1-12-9-15(24-3)18(16(10-12)25-4)19(23)13-7-5-6-8-14(13)21(2)17(22)11-20/h5-10H,11H2,1-4H3. The van der Waals surface area contributed by atoms with Gasteiger partial charge in [-0.3, -0.25) is 9.59 Å². The van der Waals surface area contributed by atoms with Crippen LogP contribution in [0, 0.1) is 6.92 Å². The molecule has 0 saturated carbocycles. The molecule has 0 radical (unpaired) electrons. The highest BCUT2D eigenvalue weighted by Crippen LogP contribution is 2.34. The van der Waals surface area contributed by atoms with Crippen molar-refractivity contribution in [3.05, 3.63) is 53.1 Å². The molecule has 0 atom stereocenters. The third-order valence-electron chi connectivity index (χ3n) is 3.88. The van der Waals surface area contributed by atoms with Crippen LogP contribution in [-0.4, -0.2) is 38.3 Å². The van der Waals surface area contributed by atoms with Crippen LogP contribution in [0.1, 0.15) is 21.5 Å². The summed E-state index contributed by atoms with van der Waals surface area (Å²) in [4.78, 5) is 26.7. The van der Waals surface area contributed by atoms with Crippen molar-refractivity contribution >= 4 is 33.3 Å². The lowest BCUT2D eigenvalue weighted by molar-refractivity contribution is -0.115. The van der Waals surface area contributed by atoms with Crippen molar-refractivity contribution in [3.63, 3.8) is 0 Å². The lowest BCUT2D eigenvalue weighted by atomic mass is 9.98. The summed E-state index contributed by atoms with van der Waals surface area (Å²) in [5.41, 5.74) is 2.19. The molecule has 0 bridgehead atoms. The molecule has 0 saturated heterocycles. The first-order chi connectivity index (χ1) is 11.9. The van der Waals surface area contributed by atoms with E-state index < -0.39 is 0 Å². The number of ether oxygens (including phenoxy) is 2. The van der Waals surface area contributed by atoms with Gasteiger partial charge in [-0.15, -0.1) is 0 Å². The van der Waals surface area contributed by atoms with E-state index in [4.69, 9.17) is 9.47 Å². The van der Waals surface area contributed by atoms with Crippen LogP contribution in [0.15, 0.2) is 36.4 Å². The number of carbonyl (C=O) groups is 2.